The molecule has 0 spiro atoms. The van der Waals surface area contributed by atoms with E-state index in [0.717, 1.165) is 24.7 Å². The molecule has 0 bridgehead atoms. The van der Waals surface area contributed by atoms with Gasteiger partial charge in [0.05, 0.1) is 6.61 Å². The van der Waals surface area contributed by atoms with Crippen molar-refractivity contribution in [3.8, 4) is 5.75 Å². The zero-order valence-corrected chi connectivity index (χ0v) is 8.70. The molecule has 0 heterocycles. The van der Waals surface area contributed by atoms with E-state index < -0.39 is 0 Å². The Hall–Kier alpha value is -0.980. The first kappa shape index (κ1) is 9.57. The van der Waals surface area contributed by atoms with Crippen LogP contribution in [0.5, 0.6) is 5.75 Å². The smallest absolute Gasteiger partial charge is 0.119 e. The van der Waals surface area contributed by atoms with Gasteiger partial charge < -0.3 is 4.74 Å². The SMILES string of the molecule is CC[CH]c1ccc(OCC2CC2)cc1. The van der Waals surface area contributed by atoms with Gasteiger partial charge in [0.25, 0.3) is 0 Å². The first-order chi connectivity index (χ1) is 6.88. The Morgan fingerprint density at radius 3 is 2.57 bits per heavy atom. The molecule has 1 fully saturated rings. The van der Waals surface area contributed by atoms with Crippen LogP contribution < -0.4 is 4.74 Å². The molecule has 0 aromatic heterocycles. The summed E-state index contributed by atoms with van der Waals surface area (Å²) in [6, 6.07) is 8.35. The third-order valence-corrected chi connectivity index (χ3v) is 2.50. The standard InChI is InChI=1S/C13H17O/c1-2-3-11-6-8-13(9-7-11)14-10-12-4-5-12/h3,6-9,12H,2,4-5,10H2,1H3. The van der Waals surface area contributed by atoms with Gasteiger partial charge in [-0.2, -0.15) is 0 Å². The van der Waals surface area contributed by atoms with Gasteiger partial charge in [0.2, 0.25) is 0 Å². The summed E-state index contributed by atoms with van der Waals surface area (Å²) in [7, 11) is 0. The molecule has 0 aliphatic heterocycles. The molecule has 1 nitrogen and oxygen atoms in total. The zero-order valence-electron chi connectivity index (χ0n) is 8.70. The van der Waals surface area contributed by atoms with Crippen LogP contribution >= 0.6 is 0 Å². The lowest BCUT2D eigenvalue weighted by Gasteiger charge is -2.05. The van der Waals surface area contributed by atoms with Crippen LogP contribution in [-0.2, 0) is 0 Å². The van der Waals surface area contributed by atoms with Crippen LogP contribution in [-0.4, -0.2) is 6.61 Å². The largest absolute Gasteiger partial charge is 0.493 e. The van der Waals surface area contributed by atoms with Crippen molar-refractivity contribution < 1.29 is 4.74 Å². The van der Waals surface area contributed by atoms with Crippen LogP contribution in [0.2, 0.25) is 0 Å². The Morgan fingerprint density at radius 2 is 2.00 bits per heavy atom. The van der Waals surface area contributed by atoms with Crippen molar-refractivity contribution in [3.63, 3.8) is 0 Å². The molecule has 1 heteroatoms. The van der Waals surface area contributed by atoms with Gasteiger partial charge in [-0.3, -0.25) is 0 Å². The van der Waals surface area contributed by atoms with E-state index in [9.17, 15) is 0 Å². The lowest BCUT2D eigenvalue weighted by atomic mass is 10.1. The van der Waals surface area contributed by atoms with Crippen molar-refractivity contribution in [2.24, 2.45) is 5.92 Å². The predicted octanol–water partition coefficient (Wildman–Crippen LogP) is 3.44. The van der Waals surface area contributed by atoms with Crippen molar-refractivity contribution in [1.29, 1.82) is 0 Å². The Balaban J connectivity index is 1.84. The summed E-state index contributed by atoms with van der Waals surface area (Å²) in [6.07, 6.45) is 6.00. The number of ether oxygens (including phenoxy) is 1. The highest BCUT2D eigenvalue weighted by molar-refractivity contribution is 5.31. The highest BCUT2D eigenvalue weighted by atomic mass is 16.5. The molecular weight excluding hydrogens is 172 g/mol. The van der Waals surface area contributed by atoms with Crippen molar-refractivity contribution in [3.05, 3.63) is 36.2 Å². The molecule has 1 aromatic carbocycles. The Kier molecular flexibility index (Phi) is 3.07. The van der Waals surface area contributed by atoms with Gasteiger partial charge in [-0.1, -0.05) is 19.1 Å². The van der Waals surface area contributed by atoms with Crippen molar-refractivity contribution in [2.45, 2.75) is 26.2 Å². The van der Waals surface area contributed by atoms with E-state index in [0.29, 0.717) is 0 Å². The molecule has 0 atom stereocenters. The Labute approximate surface area is 86.1 Å². The number of rotatable bonds is 5. The van der Waals surface area contributed by atoms with E-state index in [1.807, 2.05) is 0 Å². The van der Waals surface area contributed by atoms with E-state index in [-0.39, 0.29) is 0 Å². The molecule has 0 N–H and O–H groups in total. The van der Waals surface area contributed by atoms with E-state index >= 15 is 0 Å². The fourth-order valence-electron chi connectivity index (χ4n) is 1.43. The van der Waals surface area contributed by atoms with E-state index in [2.05, 4.69) is 37.6 Å². The second kappa shape index (κ2) is 4.50. The lowest BCUT2D eigenvalue weighted by molar-refractivity contribution is 0.300. The number of hydrogen-bond acceptors (Lipinski definition) is 1. The Bertz CT molecular complexity index is 272. The van der Waals surface area contributed by atoms with Crippen LogP contribution in [0, 0.1) is 12.3 Å². The van der Waals surface area contributed by atoms with Crippen LogP contribution in [0.15, 0.2) is 24.3 Å². The van der Waals surface area contributed by atoms with Crippen molar-refractivity contribution in [1.82, 2.24) is 0 Å². The minimum Gasteiger partial charge on any atom is -0.493 e. The summed E-state index contributed by atoms with van der Waals surface area (Å²) < 4.78 is 5.65. The molecule has 1 radical (unpaired) electrons. The molecule has 0 saturated heterocycles. The quantitative estimate of drug-likeness (QED) is 0.689. The van der Waals surface area contributed by atoms with E-state index in [4.69, 9.17) is 4.74 Å². The average molecular weight is 189 g/mol. The molecule has 1 saturated carbocycles. The molecule has 1 aromatic rings. The van der Waals surface area contributed by atoms with Gasteiger partial charge in [0, 0.05) is 0 Å². The normalized spacial score (nSPS) is 15.5. The molecule has 75 valence electrons. The monoisotopic (exact) mass is 189 g/mol. The first-order valence-corrected chi connectivity index (χ1v) is 5.44. The third-order valence-electron chi connectivity index (χ3n) is 2.50. The van der Waals surface area contributed by atoms with E-state index in [1.165, 1.54) is 18.4 Å². The van der Waals surface area contributed by atoms with Crippen LogP contribution in [0.1, 0.15) is 31.7 Å². The van der Waals surface area contributed by atoms with Gasteiger partial charge in [-0.05, 0) is 49.3 Å². The molecular formula is C13H17O. The van der Waals surface area contributed by atoms with E-state index in [1.54, 1.807) is 0 Å². The minimum atomic E-state index is 0.830. The molecule has 14 heavy (non-hydrogen) atoms. The lowest BCUT2D eigenvalue weighted by Crippen LogP contribution is -1.98. The molecule has 2 rings (SSSR count). The highest BCUT2D eigenvalue weighted by Gasteiger charge is 2.21. The minimum absolute atomic E-state index is 0.830. The molecule has 1 aliphatic rings. The van der Waals surface area contributed by atoms with Crippen LogP contribution in [0.4, 0.5) is 0 Å². The maximum absolute atomic E-state index is 5.65. The van der Waals surface area contributed by atoms with Crippen molar-refractivity contribution in [2.75, 3.05) is 6.61 Å². The van der Waals surface area contributed by atoms with Gasteiger partial charge in [0.1, 0.15) is 5.75 Å². The second-order valence-electron chi connectivity index (χ2n) is 3.94. The first-order valence-electron chi connectivity index (χ1n) is 5.44. The summed E-state index contributed by atoms with van der Waals surface area (Å²) in [5.74, 6) is 1.84. The molecule has 0 amide bonds. The number of benzene rings is 1. The molecule has 0 unspecified atom stereocenters. The summed E-state index contributed by atoms with van der Waals surface area (Å²) in [5, 5.41) is 0. The fraction of sp³-hybridized carbons (Fsp3) is 0.462. The van der Waals surface area contributed by atoms with Gasteiger partial charge >= 0.3 is 0 Å². The van der Waals surface area contributed by atoms with Gasteiger partial charge in [-0.25, -0.2) is 0 Å². The number of hydrogen-bond donors (Lipinski definition) is 0. The van der Waals surface area contributed by atoms with Crippen LogP contribution in [0.25, 0.3) is 0 Å². The highest BCUT2D eigenvalue weighted by Crippen LogP contribution is 2.29. The zero-order chi connectivity index (χ0) is 9.80. The van der Waals surface area contributed by atoms with Gasteiger partial charge in [-0.15, -0.1) is 0 Å². The summed E-state index contributed by atoms with van der Waals surface area (Å²) in [5.41, 5.74) is 1.28. The van der Waals surface area contributed by atoms with Crippen molar-refractivity contribution >= 4 is 0 Å². The topological polar surface area (TPSA) is 9.23 Å². The maximum atomic E-state index is 5.65. The van der Waals surface area contributed by atoms with Crippen LogP contribution in [0.3, 0.4) is 0 Å². The maximum Gasteiger partial charge on any atom is 0.119 e. The summed E-state index contributed by atoms with van der Waals surface area (Å²) in [6.45, 7) is 3.05. The summed E-state index contributed by atoms with van der Waals surface area (Å²) in [4.78, 5) is 0. The third kappa shape index (κ3) is 2.76. The van der Waals surface area contributed by atoms with Gasteiger partial charge in [0.15, 0.2) is 0 Å². The average Bonchev–Trinajstić information content (AvgIpc) is 3.01. The second-order valence-corrected chi connectivity index (χ2v) is 3.94. The molecule has 1 aliphatic carbocycles. The summed E-state index contributed by atoms with van der Waals surface area (Å²) >= 11 is 0. The fourth-order valence-corrected chi connectivity index (χ4v) is 1.43. The Morgan fingerprint density at radius 1 is 1.29 bits per heavy atom. The predicted molar refractivity (Wildman–Crippen MR) is 58.4 cm³/mol.